The van der Waals surface area contributed by atoms with Gasteiger partial charge in [-0.2, -0.15) is 5.10 Å². The number of benzene rings is 1. The summed E-state index contributed by atoms with van der Waals surface area (Å²) in [6.07, 6.45) is 3.16. The van der Waals surface area contributed by atoms with E-state index < -0.39 is 16.9 Å². The van der Waals surface area contributed by atoms with Crippen LogP contribution in [0.25, 0.3) is 0 Å². The third-order valence-corrected chi connectivity index (χ3v) is 3.56. The zero-order valence-electron chi connectivity index (χ0n) is 11.4. The van der Waals surface area contributed by atoms with Crippen molar-refractivity contribution in [2.75, 3.05) is 6.26 Å². The summed E-state index contributed by atoms with van der Waals surface area (Å²) in [6, 6.07) is 4.02. The standard InChI is InChI=1S/C12H13N5O3S/c1-7(11-13-6-14-16-11)15-12(18)9-5-8(21-2)3-4-10(9)17(19)20/h3-7H,1-2H3,(H,15,18)(H,13,14,16). The Morgan fingerprint density at radius 2 is 2.29 bits per heavy atom. The number of carbonyl (C=O) groups is 1. The predicted molar refractivity (Wildman–Crippen MR) is 77.1 cm³/mol. The third-order valence-electron chi connectivity index (χ3n) is 2.84. The third kappa shape index (κ3) is 3.37. The number of H-pyrrole nitrogens is 1. The SMILES string of the molecule is CSc1ccc([N+](=O)[O-])c(C(=O)NC(C)c2ncn[nH]2)c1. The van der Waals surface area contributed by atoms with E-state index in [2.05, 4.69) is 20.5 Å². The Morgan fingerprint density at radius 3 is 2.86 bits per heavy atom. The number of nitro groups is 1. The average Bonchev–Trinajstić information content (AvgIpc) is 3.00. The maximum atomic E-state index is 12.3. The minimum atomic E-state index is -0.571. The molecule has 0 fully saturated rings. The molecule has 1 atom stereocenters. The first-order valence-electron chi connectivity index (χ1n) is 6.01. The molecular formula is C12H13N5O3S. The summed E-state index contributed by atoms with van der Waals surface area (Å²) < 4.78 is 0. The van der Waals surface area contributed by atoms with Gasteiger partial charge >= 0.3 is 0 Å². The smallest absolute Gasteiger partial charge is 0.282 e. The number of hydrogen-bond acceptors (Lipinski definition) is 6. The summed E-state index contributed by atoms with van der Waals surface area (Å²) in [5.41, 5.74) is -0.201. The van der Waals surface area contributed by atoms with Crippen LogP contribution in [0.1, 0.15) is 29.1 Å². The van der Waals surface area contributed by atoms with E-state index in [9.17, 15) is 14.9 Å². The van der Waals surface area contributed by atoms with Crippen molar-refractivity contribution in [3.63, 3.8) is 0 Å². The molecule has 2 aromatic rings. The highest BCUT2D eigenvalue weighted by Crippen LogP contribution is 2.25. The number of nitro benzene ring substituents is 1. The first-order valence-corrected chi connectivity index (χ1v) is 7.24. The highest BCUT2D eigenvalue weighted by molar-refractivity contribution is 7.98. The monoisotopic (exact) mass is 307 g/mol. The number of carbonyl (C=O) groups excluding carboxylic acids is 1. The summed E-state index contributed by atoms with van der Waals surface area (Å²) in [4.78, 5) is 27.4. The molecule has 110 valence electrons. The topological polar surface area (TPSA) is 114 Å². The van der Waals surface area contributed by atoms with Crippen molar-refractivity contribution in [1.29, 1.82) is 0 Å². The van der Waals surface area contributed by atoms with Crippen molar-refractivity contribution in [3.05, 3.63) is 46.0 Å². The molecular weight excluding hydrogens is 294 g/mol. The van der Waals surface area contributed by atoms with Gasteiger partial charge in [-0.1, -0.05) is 0 Å². The number of thioether (sulfide) groups is 1. The van der Waals surface area contributed by atoms with Crippen LogP contribution in [-0.4, -0.2) is 32.3 Å². The second-order valence-corrected chi connectivity index (χ2v) is 5.09. The van der Waals surface area contributed by atoms with Crippen molar-refractivity contribution in [2.24, 2.45) is 0 Å². The van der Waals surface area contributed by atoms with Crippen molar-refractivity contribution in [1.82, 2.24) is 20.5 Å². The summed E-state index contributed by atoms with van der Waals surface area (Å²) in [5, 5.41) is 20.0. The highest BCUT2D eigenvalue weighted by atomic mass is 32.2. The molecule has 0 saturated heterocycles. The number of nitrogens with zero attached hydrogens (tertiary/aromatic N) is 3. The molecule has 0 aliphatic rings. The molecule has 21 heavy (non-hydrogen) atoms. The molecule has 8 nitrogen and oxygen atoms in total. The molecule has 0 spiro atoms. The van der Waals surface area contributed by atoms with Gasteiger partial charge in [0.05, 0.1) is 11.0 Å². The minimum absolute atomic E-state index is 0.0261. The Bertz CT molecular complexity index is 659. The van der Waals surface area contributed by atoms with Gasteiger partial charge in [-0.15, -0.1) is 11.8 Å². The fourth-order valence-electron chi connectivity index (χ4n) is 1.75. The first-order chi connectivity index (χ1) is 10.0. The molecule has 0 saturated carbocycles. The molecule has 0 aliphatic carbocycles. The largest absolute Gasteiger partial charge is 0.342 e. The van der Waals surface area contributed by atoms with E-state index in [0.717, 1.165) is 4.90 Å². The van der Waals surface area contributed by atoms with Crippen molar-refractivity contribution in [3.8, 4) is 0 Å². The molecule has 9 heteroatoms. The van der Waals surface area contributed by atoms with Crippen LogP contribution in [0.4, 0.5) is 5.69 Å². The zero-order chi connectivity index (χ0) is 15.4. The van der Waals surface area contributed by atoms with Gasteiger partial charge in [0.25, 0.3) is 11.6 Å². The van der Waals surface area contributed by atoms with Gasteiger partial charge in [-0.05, 0) is 25.3 Å². The fourth-order valence-corrected chi connectivity index (χ4v) is 2.19. The van der Waals surface area contributed by atoms with Crippen LogP contribution in [0.15, 0.2) is 29.4 Å². The molecule has 1 unspecified atom stereocenters. The normalized spacial score (nSPS) is 11.9. The molecule has 0 aliphatic heterocycles. The van der Waals surface area contributed by atoms with Gasteiger partial charge in [0.15, 0.2) is 0 Å². The second-order valence-electron chi connectivity index (χ2n) is 4.21. The summed E-state index contributed by atoms with van der Waals surface area (Å²) >= 11 is 1.41. The minimum Gasteiger partial charge on any atom is -0.342 e. The average molecular weight is 307 g/mol. The van der Waals surface area contributed by atoms with Gasteiger partial charge in [0, 0.05) is 11.0 Å². The molecule has 1 amide bonds. The number of aromatic amines is 1. The molecule has 2 N–H and O–H groups in total. The van der Waals surface area contributed by atoms with Crippen LogP contribution < -0.4 is 5.32 Å². The molecule has 1 aromatic heterocycles. The van der Waals surface area contributed by atoms with E-state index >= 15 is 0 Å². The lowest BCUT2D eigenvalue weighted by molar-refractivity contribution is -0.385. The molecule has 2 rings (SSSR count). The van der Waals surface area contributed by atoms with E-state index in [1.807, 2.05) is 6.26 Å². The number of hydrogen-bond donors (Lipinski definition) is 2. The number of rotatable bonds is 5. The van der Waals surface area contributed by atoms with Gasteiger partial charge in [0.1, 0.15) is 17.7 Å². The van der Waals surface area contributed by atoms with E-state index in [1.165, 1.54) is 30.2 Å². The predicted octanol–water partition coefficient (Wildman–Crippen LogP) is 1.93. The highest BCUT2D eigenvalue weighted by Gasteiger charge is 2.22. The number of aromatic nitrogens is 3. The number of amides is 1. The van der Waals surface area contributed by atoms with E-state index in [0.29, 0.717) is 5.82 Å². The quantitative estimate of drug-likeness (QED) is 0.495. The Labute approximate surface area is 124 Å². The van der Waals surface area contributed by atoms with Gasteiger partial charge in [0.2, 0.25) is 0 Å². The van der Waals surface area contributed by atoms with Crippen LogP contribution in [0.3, 0.4) is 0 Å². The molecule has 1 aromatic carbocycles. The van der Waals surface area contributed by atoms with Crippen LogP contribution >= 0.6 is 11.8 Å². The van der Waals surface area contributed by atoms with Gasteiger partial charge in [-0.25, -0.2) is 4.98 Å². The zero-order valence-corrected chi connectivity index (χ0v) is 12.2. The number of nitrogens with one attached hydrogen (secondary N) is 2. The second kappa shape index (κ2) is 6.35. The summed E-state index contributed by atoms with van der Waals surface area (Å²) in [5.74, 6) is -0.0477. The van der Waals surface area contributed by atoms with Crippen LogP contribution in [0, 0.1) is 10.1 Å². The molecule has 0 bridgehead atoms. The molecule has 0 radical (unpaired) electrons. The van der Waals surface area contributed by atoms with E-state index in [4.69, 9.17) is 0 Å². The van der Waals surface area contributed by atoms with Crippen LogP contribution in [0.2, 0.25) is 0 Å². The first kappa shape index (κ1) is 15.0. The lowest BCUT2D eigenvalue weighted by atomic mass is 10.1. The Morgan fingerprint density at radius 1 is 1.52 bits per heavy atom. The Balaban J connectivity index is 2.27. The van der Waals surface area contributed by atoms with Gasteiger partial charge < -0.3 is 5.32 Å². The van der Waals surface area contributed by atoms with Crippen molar-refractivity contribution in [2.45, 2.75) is 17.9 Å². The summed E-state index contributed by atoms with van der Waals surface area (Å²) in [7, 11) is 0. The van der Waals surface area contributed by atoms with Crippen molar-refractivity contribution < 1.29 is 9.72 Å². The Hall–Kier alpha value is -2.42. The Kier molecular flexibility index (Phi) is 4.53. The lowest BCUT2D eigenvalue weighted by Crippen LogP contribution is -2.28. The van der Waals surface area contributed by atoms with Crippen LogP contribution in [0.5, 0.6) is 0 Å². The maximum absolute atomic E-state index is 12.3. The van der Waals surface area contributed by atoms with Crippen LogP contribution in [-0.2, 0) is 0 Å². The van der Waals surface area contributed by atoms with E-state index in [-0.39, 0.29) is 11.3 Å². The molecule has 1 heterocycles. The summed E-state index contributed by atoms with van der Waals surface area (Å²) in [6.45, 7) is 1.71. The lowest BCUT2D eigenvalue weighted by Gasteiger charge is -2.11. The fraction of sp³-hybridized carbons (Fsp3) is 0.250. The van der Waals surface area contributed by atoms with Gasteiger partial charge in [-0.3, -0.25) is 20.0 Å². The van der Waals surface area contributed by atoms with E-state index in [1.54, 1.807) is 13.0 Å². The maximum Gasteiger partial charge on any atom is 0.282 e. The van der Waals surface area contributed by atoms with Crippen molar-refractivity contribution >= 4 is 23.4 Å².